The Morgan fingerprint density at radius 3 is 2.13 bits per heavy atom. The molecule has 124 valence electrons. The van der Waals surface area contributed by atoms with Gasteiger partial charge in [-0.3, -0.25) is 4.72 Å². The number of rotatable bonds is 3. The molecule has 0 saturated carbocycles. The molecule has 2 rings (SSSR count). The first-order valence-electron chi connectivity index (χ1n) is 7.41. The topological polar surface area (TPSA) is 46.2 Å². The van der Waals surface area contributed by atoms with Crippen LogP contribution < -0.4 is 4.72 Å². The van der Waals surface area contributed by atoms with Gasteiger partial charge in [0.25, 0.3) is 10.0 Å². The molecule has 0 aromatic heterocycles. The number of halogens is 1. The van der Waals surface area contributed by atoms with Crippen LogP contribution in [0.25, 0.3) is 0 Å². The van der Waals surface area contributed by atoms with Gasteiger partial charge in [0.05, 0.1) is 10.6 Å². The van der Waals surface area contributed by atoms with Crippen LogP contribution in [-0.2, 0) is 15.4 Å². The van der Waals surface area contributed by atoms with Crippen LogP contribution in [0.5, 0.6) is 0 Å². The van der Waals surface area contributed by atoms with Crippen molar-refractivity contribution in [3.63, 3.8) is 0 Å². The quantitative estimate of drug-likeness (QED) is 0.895. The lowest BCUT2D eigenvalue weighted by molar-refractivity contribution is 0.584. The summed E-state index contributed by atoms with van der Waals surface area (Å²) in [6.45, 7) is 9.45. The van der Waals surface area contributed by atoms with Gasteiger partial charge in [-0.1, -0.05) is 39.0 Å². The summed E-state index contributed by atoms with van der Waals surface area (Å²) in [5.74, 6) is -0.439. The largest absolute Gasteiger partial charge is 0.280 e. The molecule has 23 heavy (non-hydrogen) atoms. The van der Waals surface area contributed by atoms with Crippen molar-refractivity contribution in [2.75, 3.05) is 4.72 Å². The van der Waals surface area contributed by atoms with E-state index in [-0.39, 0.29) is 16.0 Å². The third-order valence-electron chi connectivity index (χ3n) is 3.77. The van der Waals surface area contributed by atoms with Crippen LogP contribution in [0.2, 0.25) is 0 Å². The molecule has 0 bridgehead atoms. The predicted octanol–water partition coefficient (Wildman–Crippen LogP) is 4.54. The number of benzene rings is 2. The molecule has 0 fully saturated rings. The molecule has 0 aliphatic rings. The van der Waals surface area contributed by atoms with E-state index >= 15 is 0 Å². The van der Waals surface area contributed by atoms with Crippen LogP contribution in [0.15, 0.2) is 41.3 Å². The summed E-state index contributed by atoms with van der Waals surface area (Å²) >= 11 is 0. The van der Waals surface area contributed by atoms with Crippen LogP contribution in [0.1, 0.15) is 37.5 Å². The molecule has 0 unspecified atom stereocenters. The summed E-state index contributed by atoms with van der Waals surface area (Å²) in [4.78, 5) is 0.214. The van der Waals surface area contributed by atoms with Gasteiger partial charge in [-0.2, -0.15) is 0 Å². The molecule has 3 nitrogen and oxygen atoms in total. The molecule has 0 spiro atoms. The van der Waals surface area contributed by atoms with Crippen molar-refractivity contribution in [1.82, 2.24) is 0 Å². The van der Waals surface area contributed by atoms with Crippen molar-refractivity contribution in [2.45, 2.75) is 44.9 Å². The number of hydrogen-bond acceptors (Lipinski definition) is 2. The Bertz CT molecular complexity index is 837. The highest BCUT2D eigenvalue weighted by Crippen LogP contribution is 2.28. The highest BCUT2D eigenvalue weighted by molar-refractivity contribution is 7.92. The van der Waals surface area contributed by atoms with Gasteiger partial charge in [-0.05, 0) is 54.2 Å². The average molecular weight is 335 g/mol. The van der Waals surface area contributed by atoms with Crippen LogP contribution in [0, 0.1) is 19.7 Å². The van der Waals surface area contributed by atoms with Crippen LogP contribution >= 0.6 is 0 Å². The van der Waals surface area contributed by atoms with Gasteiger partial charge in [0.2, 0.25) is 0 Å². The molecule has 0 amide bonds. The standard InChI is InChI=1S/C18H22FNO2S/c1-12-7-9-15(11-16(12)19)20-23(21,22)17-10-14(18(3,4)5)8-6-13(17)2/h6-11,20H,1-5H3. The monoisotopic (exact) mass is 335 g/mol. The Morgan fingerprint density at radius 1 is 0.957 bits per heavy atom. The first-order valence-corrected chi connectivity index (χ1v) is 8.89. The second-order valence-corrected chi connectivity index (χ2v) is 8.45. The molecule has 0 radical (unpaired) electrons. The molecule has 2 aromatic carbocycles. The van der Waals surface area contributed by atoms with Crippen LogP contribution in [-0.4, -0.2) is 8.42 Å². The Balaban J connectivity index is 2.45. The van der Waals surface area contributed by atoms with E-state index in [4.69, 9.17) is 0 Å². The lowest BCUT2D eigenvalue weighted by Crippen LogP contribution is -2.17. The highest BCUT2D eigenvalue weighted by atomic mass is 32.2. The summed E-state index contributed by atoms with van der Waals surface area (Å²) in [5.41, 5.74) is 2.11. The highest BCUT2D eigenvalue weighted by Gasteiger charge is 2.21. The third-order valence-corrected chi connectivity index (χ3v) is 5.29. The summed E-state index contributed by atoms with van der Waals surface area (Å²) in [7, 11) is -3.77. The second kappa shape index (κ2) is 5.96. The van der Waals surface area contributed by atoms with E-state index < -0.39 is 15.8 Å². The molecule has 0 atom stereocenters. The van der Waals surface area contributed by atoms with E-state index in [1.807, 2.05) is 26.8 Å². The minimum Gasteiger partial charge on any atom is -0.280 e. The third kappa shape index (κ3) is 3.91. The number of aryl methyl sites for hydroxylation is 2. The SMILES string of the molecule is Cc1ccc(NS(=O)(=O)c2cc(C(C)(C)C)ccc2C)cc1F. The van der Waals surface area contributed by atoms with E-state index in [1.165, 1.54) is 6.07 Å². The number of anilines is 1. The number of nitrogens with one attached hydrogen (secondary N) is 1. The Hall–Kier alpha value is -1.88. The Kier molecular flexibility index (Phi) is 4.53. The molecular formula is C18H22FNO2S. The van der Waals surface area contributed by atoms with Gasteiger partial charge in [-0.25, -0.2) is 12.8 Å². The van der Waals surface area contributed by atoms with Crippen LogP contribution in [0.4, 0.5) is 10.1 Å². The normalized spacial score (nSPS) is 12.3. The molecule has 0 aliphatic heterocycles. The zero-order chi connectivity index (χ0) is 17.4. The van der Waals surface area contributed by atoms with Crippen molar-refractivity contribution in [2.24, 2.45) is 0 Å². The minimum absolute atomic E-state index is 0.159. The van der Waals surface area contributed by atoms with E-state index in [2.05, 4.69) is 4.72 Å². The molecule has 0 aliphatic carbocycles. The average Bonchev–Trinajstić information content (AvgIpc) is 2.41. The number of hydrogen-bond donors (Lipinski definition) is 1. The maximum atomic E-state index is 13.6. The predicted molar refractivity (Wildman–Crippen MR) is 91.8 cm³/mol. The first-order chi connectivity index (χ1) is 10.5. The van der Waals surface area contributed by atoms with Crippen molar-refractivity contribution in [3.05, 3.63) is 58.9 Å². The van der Waals surface area contributed by atoms with Crippen molar-refractivity contribution in [3.8, 4) is 0 Å². The fourth-order valence-electron chi connectivity index (χ4n) is 2.22. The fourth-order valence-corrected chi connectivity index (χ4v) is 3.54. The van der Waals surface area contributed by atoms with Gasteiger partial charge < -0.3 is 0 Å². The lowest BCUT2D eigenvalue weighted by atomic mass is 9.87. The summed E-state index contributed by atoms with van der Waals surface area (Å²) in [5, 5.41) is 0. The molecule has 5 heteroatoms. The second-order valence-electron chi connectivity index (χ2n) is 6.80. The Labute approximate surface area is 137 Å². The van der Waals surface area contributed by atoms with Crippen molar-refractivity contribution in [1.29, 1.82) is 0 Å². The smallest absolute Gasteiger partial charge is 0.262 e. The maximum Gasteiger partial charge on any atom is 0.262 e. The lowest BCUT2D eigenvalue weighted by Gasteiger charge is -2.21. The van der Waals surface area contributed by atoms with Gasteiger partial charge >= 0.3 is 0 Å². The minimum atomic E-state index is -3.77. The zero-order valence-electron chi connectivity index (χ0n) is 14.1. The zero-order valence-corrected chi connectivity index (χ0v) is 14.9. The van der Waals surface area contributed by atoms with Gasteiger partial charge in [-0.15, -0.1) is 0 Å². The molecule has 0 heterocycles. The van der Waals surface area contributed by atoms with Gasteiger partial charge in [0.15, 0.2) is 0 Å². The molecule has 1 N–H and O–H groups in total. The summed E-state index contributed by atoms with van der Waals surface area (Å²) < 4.78 is 41.4. The van der Waals surface area contributed by atoms with Crippen LogP contribution in [0.3, 0.4) is 0 Å². The molecule has 2 aromatic rings. The van der Waals surface area contributed by atoms with E-state index in [0.717, 1.165) is 5.56 Å². The van der Waals surface area contributed by atoms with E-state index in [0.29, 0.717) is 11.1 Å². The maximum absolute atomic E-state index is 13.6. The van der Waals surface area contributed by atoms with E-state index in [1.54, 1.807) is 38.1 Å². The summed E-state index contributed by atoms with van der Waals surface area (Å²) in [6.07, 6.45) is 0. The summed E-state index contributed by atoms with van der Waals surface area (Å²) in [6, 6.07) is 9.70. The first kappa shape index (κ1) is 17.5. The van der Waals surface area contributed by atoms with E-state index in [9.17, 15) is 12.8 Å². The van der Waals surface area contributed by atoms with Crippen molar-refractivity contribution >= 4 is 15.7 Å². The molecular weight excluding hydrogens is 313 g/mol. The van der Waals surface area contributed by atoms with Gasteiger partial charge in [0.1, 0.15) is 5.82 Å². The fraction of sp³-hybridized carbons (Fsp3) is 0.333. The Morgan fingerprint density at radius 2 is 1.57 bits per heavy atom. The molecule has 0 saturated heterocycles. The number of sulfonamides is 1. The van der Waals surface area contributed by atoms with Crippen molar-refractivity contribution < 1.29 is 12.8 Å². The van der Waals surface area contributed by atoms with Gasteiger partial charge in [0, 0.05) is 0 Å².